The van der Waals surface area contributed by atoms with Crippen molar-refractivity contribution < 1.29 is 18.3 Å². The molecule has 0 aliphatic rings. The minimum absolute atomic E-state index is 0.316. The zero-order valence-electron chi connectivity index (χ0n) is 12.7. The quantitative estimate of drug-likeness (QED) is 0.617. The third kappa shape index (κ3) is 3.89. The number of hydrogen-bond acceptors (Lipinski definition) is 5. The molecule has 118 valence electrons. The van der Waals surface area contributed by atoms with Crippen molar-refractivity contribution in [3.8, 4) is 11.5 Å². The predicted octanol–water partition coefficient (Wildman–Crippen LogP) is 3.95. The lowest BCUT2D eigenvalue weighted by atomic mass is 10.3. The largest absolute Gasteiger partial charge is 0.455 e. The Hall–Kier alpha value is -1.81. The second kappa shape index (κ2) is 7.45. The molecular weight excluding hydrogens is 301 g/mol. The molecule has 0 atom stereocenters. The molecule has 2 aromatic rings. The van der Waals surface area contributed by atoms with Gasteiger partial charge in [-0.3, -0.25) is 4.57 Å². The Labute approximate surface area is 130 Å². The molecule has 22 heavy (non-hydrogen) atoms. The van der Waals surface area contributed by atoms with Crippen LogP contribution in [0.4, 0.5) is 5.69 Å². The van der Waals surface area contributed by atoms with E-state index in [1.807, 2.05) is 12.1 Å². The lowest BCUT2D eigenvalue weighted by Crippen LogP contribution is -2.10. The highest BCUT2D eigenvalue weighted by molar-refractivity contribution is 7.62. The number of para-hydroxylation sites is 2. The SMILES string of the molecule is CCOP(=O)(OCC)c1ccc(Oc2ccccc2N)cc1. The van der Waals surface area contributed by atoms with E-state index in [0.717, 1.165) is 0 Å². The number of nitrogens with two attached hydrogens (primary N) is 1. The van der Waals surface area contributed by atoms with Crippen LogP contribution in [-0.2, 0) is 13.6 Å². The number of ether oxygens (including phenoxy) is 1. The van der Waals surface area contributed by atoms with Gasteiger partial charge in [-0.05, 0) is 50.2 Å². The second-order valence-electron chi connectivity index (χ2n) is 4.47. The number of benzene rings is 2. The Morgan fingerprint density at radius 2 is 1.55 bits per heavy atom. The van der Waals surface area contributed by atoms with E-state index < -0.39 is 7.60 Å². The van der Waals surface area contributed by atoms with E-state index >= 15 is 0 Å². The van der Waals surface area contributed by atoms with Crippen LogP contribution in [0.5, 0.6) is 11.5 Å². The van der Waals surface area contributed by atoms with Crippen LogP contribution < -0.4 is 15.8 Å². The van der Waals surface area contributed by atoms with Gasteiger partial charge in [0.25, 0.3) is 0 Å². The van der Waals surface area contributed by atoms with Crippen molar-refractivity contribution in [2.75, 3.05) is 18.9 Å². The van der Waals surface area contributed by atoms with Gasteiger partial charge in [-0.2, -0.15) is 0 Å². The molecule has 0 aliphatic carbocycles. The van der Waals surface area contributed by atoms with E-state index in [9.17, 15) is 4.57 Å². The van der Waals surface area contributed by atoms with Gasteiger partial charge in [0.2, 0.25) is 0 Å². The molecule has 2 rings (SSSR count). The van der Waals surface area contributed by atoms with Gasteiger partial charge in [0.05, 0.1) is 24.2 Å². The summed E-state index contributed by atoms with van der Waals surface area (Å²) in [5.41, 5.74) is 6.39. The summed E-state index contributed by atoms with van der Waals surface area (Å²) < 4.78 is 28.9. The van der Waals surface area contributed by atoms with Gasteiger partial charge in [-0.15, -0.1) is 0 Å². The van der Waals surface area contributed by atoms with Crippen LogP contribution in [0.1, 0.15) is 13.8 Å². The van der Waals surface area contributed by atoms with Gasteiger partial charge in [0, 0.05) is 0 Å². The van der Waals surface area contributed by atoms with Gasteiger partial charge in [0.1, 0.15) is 11.5 Å². The van der Waals surface area contributed by atoms with Crippen molar-refractivity contribution in [1.82, 2.24) is 0 Å². The average Bonchev–Trinajstić information content (AvgIpc) is 2.51. The third-order valence-corrected chi connectivity index (χ3v) is 5.02. The summed E-state index contributed by atoms with van der Waals surface area (Å²) in [7, 11) is -3.26. The first-order chi connectivity index (χ1) is 10.6. The lowest BCUT2D eigenvalue weighted by molar-refractivity contribution is 0.230. The van der Waals surface area contributed by atoms with E-state index in [0.29, 0.717) is 35.7 Å². The zero-order valence-corrected chi connectivity index (χ0v) is 13.6. The Morgan fingerprint density at radius 3 is 2.09 bits per heavy atom. The van der Waals surface area contributed by atoms with Crippen molar-refractivity contribution in [2.45, 2.75) is 13.8 Å². The molecule has 5 nitrogen and oxygen atoms in total. The van der Waals surface area contributed by atoms with Crippen molar-refractivity contribution in [1.29, 1.82) is 0 Å². The molecule has 0 saturated heterocycles. The summed E-state index contributed by atoms with van der Waals surface area (Å²) >= 11 is 0. The van der Waals surface area contributed by atoms with Crippen molar-refractivity contribution in [2.24, 2.45) is 0 Å². The summed E-state index contributed by atoms with van der Waals surface area (Å²) in [6.07, 6.45) is 0. The highest BCUT2D eigenvalue weighted by atomic mass is 31.2. The monoisotopic (exact) mass is 321 g/mol. The van der Waals surface area contributed by atoms with Crippen LogP contribution in [0.25, 0.3) is 0 Å². The van der Waals surface area contributed by atoms with Crippen molar-refractivity contribution in [3.05, 3.63) is 48.5 Å². The summed E-state index contributed by atoms with van der Waals surface area (Å²) in [4.78, 5) is 0. The second-order valence-corrected chi connectivity index (χ2v) is 6.49. The molecule has 6 heteroatoms. The van der Waals surface area contributed by atoms with E-state index in [2.05, 4.69) is 0 Å². The molecule has 0 fully saturated rings. The molecule has 2 aromatic carbocycles. The molecule has 0 aromatic heterocycles. The van der Waals surface area contributed by atoms with E-state index in [1.54, 1.807) is 50.2 Å². The van der Waals surface area contributed by atoms with E-state index in [4.69, 9.17) is 19.5 Å². The highest BCUT2D eigenvalue weighted by Gasteiger charge is 2.26. The predicted molar refractivity (Wildman–Crippen MR) is 87.9 cm³/mol. The van der Waals surface area contributed by atoms with Gasteiger partial charge >= 0.3 is 7.60 Å². The molecule has 0 amide bonds. The van der Waals surface area contributed by atoms with Crippen LogP contribution in [0, 0.1) is 0 Å². The fourth-order valence-corrected chi connectivity index (χ4v) is 3.49. The van der Waals surface area contributed by atoms with Crippen LogP contribution in [0.15, 0.2) is 48.5 Å². The average molecular weight is 321 g/mol. The van der Waals surface area contributed by atoms with Gasteiger partial charge in [-0.1, -0.05) is 12.1 Å². The molecule has 0 radical (unpaired) electrons. The fraction of sp³-hybridized carbons (Fsp3) is 0.250. The molecule has 0 heterocycles. The maximum absolute atomic E-state index is 12.6. The lowest BCUT2D eigenvalue weighted by Gasteiger charge is -2.17. The summed E-state index contributed by atoms with van der Waals surface area (Å²) in [5, 5.41) is 0.504. The minimum atomic E-state index is -3.26. The molecule has 0 spiro atoms. The maximum Gasteiger partial charge on any atom is 0.361 e. The zero-order chi connectivity index (χ0) is 16.0. The van der Waals surface area contributed by atoms with Crippen LogP contribution in [-0.4, -0.2) is 13.2 Å². The topological polar surface area (TPSA) is 70.8 Å². The van der Waals surface area contributed by atoms with Crippen molar-refractivity contribution in [3.63, 3.8) is 0 Å². The number of anilines is 1. The highest BCUT2D eigenvalue weighted by Crippen LogP contribution is 2.47. The first-order valence-electron chi connectivity index (χ1n) is 7.11. The molecular formula is C16H20NO4P. The van der Waals surface area contributed by atoms with Crippen LogP contribution in [0.3, 0.4) is 0 Å². The van der Waals surface area contributed by atoms with E-state index in [1.165, 1.54) is 0 Å². The normalized spacial score (nSPS) is 11.4. The number of hydrogen-bond donors (Lipinski definition) is 1. The molecule has 0 aliphatic heterocycles. The van der Waals surface area contributed by atoms with Gasteiger partial charge in [0.15, 0.2) is 0 Å². The number of rotatable bonds is 7. The Kier molecular flexibility index (Phi) is 5.61. The first kappa shape index (κ1) is 16.6. The minimum Gasteiger partial charge on any atom is -0.455 e. The maximum atomic E-state index is 12.6. The summed E-state index contributed by atoms with van der Waals surface area (Å²) in [5.74, 6) is 1.18. The fourth-order valence-electron chi connectivity index (χ4n) is 1.92. The summed E-state index contributed by atoms with van der Waals surface area (Å²) in [6, 6.07) is 14.0. The summed E-state index contributed by atoms with van der Waals surface area (Å²) in [6.45, 7) is 4.19. The first-order valence-corrected chi connectivity index (χ1v) is 8.65. The Bertz CT molecular complexity index is 647. The van der Waals surface area contributed by atoms with Crippen LogP contribution >= 0.6 is 7.60 Å². The van der Waals surface area contributed by atoms with Crippen LogP contribution in [0.2, 0.25) is 0 Å². The molecule has 0 saturated carbocycles. The van der Waals surface area contributed by atoms with Gasteiger partial charge in [-0.25, -0.2) is 0 Å². The van der Waals surface area contributed by atoms with Crippen molar-refractivity contribution >= 4 is 18.6 Å². The molecule has 0 bridgehead atoms. The Balaban J connectivity index is 2.19. The standard InChI is InChI=1S/C16H20NO4P/c1-3-19-22(18,20-4-2)14-11-9-13(10-12-14)21-16-8-6-5-7-15(16)17/h5-12H,3-4,17H2,1-2H3. The molecule has 2 N–H and O–H groups in total. The third-order valence-electron chi connectivity index (χ3n) is 2.90. The Morgan fingerprint density at radius 1 is 0.955 bits per heavy atom. The smallest absolute Gasteiger partial charge is 0.361 e. The van der Waals surface area contributed by atoms with Gasteiger partial charge < -0.3 is 19.5 Å². The van der Waals surface area contributed by atoms with E-state index in [-0.39, 0.29) is 0 Å². The number of nitrogen functional groups attached to an aromatic ring is 1. The molecule has 0 unspecified atom stereocenters.